The number of thiophene rings is 1. The number of thioether (sulfide) groups is 1. The van der Waals surface area contributed by atoms with Crippen LogP contribution in [-0.4, -0.2) is 39.2 Å². The first-order chi connectivity index (χ1) is 12.3. The van der Waals surface area contributed by atoms with Gasteiger partial charge in [0, 0.05) is 20.1 Å². The van der Waals surface area contributed by atoms with Gasteiger partial charge in [-0.15, -0.1) is 11.3 Å². The van der Waals surface area contributed by atoms with Crippen LogP contribution in [0.2, 0.25) is 0 Å². The van der Waals surface area contributed by atoms with Crippen molar-refractivity contribution in [3.8, 4) is 0 Å². The number of fused-ring (bicyclic) bond motifs is 1. The fourth-order valence-corrected chi connectivity index (χ4v) is 4.18. The van der Waals surface area contributed by atoms with Crippen LogP contribution in [-0.2, 0) is 11.8 Å². The highest BCUT2D eigenvalue weighted by Crippen LogP contribution is 2.20. The minimum Gasteiger partial charge on any atom is -0.342 e. The number of hydrogen-bond acceptors (Lipinski definition) is 5. The van der Waals surface area contributed by atoms with E-state index in [4.69, 9.17) is 0 Å². The molecule has 0 radical (unpaired) electrons. The largest absolute Gasteiger partial charge is 0.342 e. The molecule has 0 saturated carbocycles. The summed E-state index contributed by atoms with van der Waals surface area (Å²) in [7, 11) is 1.72. The van der Waals surface area contributed by atoms with Gasteiger partial charge in [-0.05, 0) is 36.1 Å². The Bertz CT molecular complexity index is 784. The van der Waals surface area contributed by atoms with Gasteiger partial charge < -0.3 is 4.90 Å². The van der Waals surface area contributed by atoms with Crippen LogP contribution in [0.25, 0.3) is 10.2 Å². The summed E-state index contributed by atoms with van der Waals surface area (Å²) >= 11 is 2.75. The Morgan fingerprint density at radius 2 is 1.85 bits per heavy atom. The average Bonchev–Trinajstić information content (AvgIpc) is 3.04. The first kappa shape index (κ1) is 21.0. The van der Waals surface area contributed by atoms with Crippen molar-refractivity contribution < 1.29 is 4.79 Å². The minimum atomic E-state index is -0.0450. The van der Waals surface area contributed by atoms with Gasteiger partial charge in [0.15, 0.2) is 5.16 Å². The Kier molecular flexibility index (Phi) is 7.70. The maximum Gasteiger partial charge on any atom is 0.271 e. The Labute approximate surface area is 163 Å². The van der Waals surface area contributed by atoms with Gasteiger partial charge in [0.25, 0.3) is 5.56 Å². The lowest BCUT2D eigenvalue weighted by molar-refractivity contribution is -0.128. The Balaban J connectivity index is 2.06. The number of amides is 1. The highest BCUT2D eigenvalue weighted by molar-refractivity contribution is 7.99. The summed E-state index contributed by atoms with van der Waals surface area (Å²) in [4.78, 5) is 31.6. The van der Waals surface area contributed by atoms with E-state index in [9.17, 15) is 9.59 Å². The SMILES string of the molecule is CC(C)CCN(CCC(C)C)C(=O)CSc1nc2ccsc2c(=O)n1C. The molecule has 7 heteroatoms. The van der Waals surface area contributed by atoms with Crippen LogP contribution in [0.1, 0.15) is 40.5 Å². The number of carbonyl (C=O) groups excluding carboxylic acids is 1. The molecule has 0 aliphatic heterocycles. The molecule has 144 valence electrons. The number of hydrogen-bond donors (Lipinski definition) is 0. The Hall–Kier alpha value is -1.34. The molecule has 0 saturated heterocycles. The zero-order valence-electron chi connectivity index (χ0n) is 16.3. The maximum absolute atomic E-state index is 12.7. The smallest absolute Gasteiger partial charge is 0.271 e. The van der Waals surface area contributed by atoms with Gasteiger partial charge in [0.1, 0.15) is 4.70 Å². The van der Waals surface area contributed by atoms with Crippen molar-refractivity contribution in [2.45, 2.75) is 45.7 Å². The Morgan fingerprint density at radius 3 is 2.42 bits per heavy atom. The van der Waals surface area contributed by atoms with E-state index in [1.165, 1.54) is 23.1 Å². The third kappa shape index (κ3) is 5.58. The summed E-state index contributed by atoms with van der Waals surface area (Å²) in [6.45, 7) is 10.3. The van der Waals surface area contributed by atoms with Gasteiger partial charge in [0.2, 0.25) is 5.91 Å². The predicted octanol–water partition coefficient (Wildman–Crippen LogP) is 4.01. The lowest BCUT2D eigenvalue weighted by Crippen LogP contribution is -2.35. The third-order valence-electron chi connectivity index (χ3n) is 4.28. The van der Waals surface area contributed by atoms with Crippen molar-refractivity contribution in [1.82, 2.24) is 14.5 Å². The van der Waals surface area contributed by atoms with Gasteiger partial charge in [-0.3, -0.25) is 14.2 Å². The normalized spacial score (nSPS) is 11.7. The van der Waals surface area contributed by atoms with E-state index >= 15 is 0 Å². The van der Waals surface area contributed by atoms with E-state index in [-0.39, 0.29) is 11.5 Å². The molecule has 0 spiro atoms. The zero-order valence-corrected chi connectivity index (χ0v) is 18.0. The molecular formula is C19H29N3O2S2. The third-order valence-corrected chi connectivity index (χ3v) is 6.18. The van der Waals surface area contributed by atoms with Crippen molar-refractivity contribution in [3.05, 3.63) is 21.8 Å². The van der Waals surface area contributed by atoms with Crippen molar-refractivity contribution >= 4 is 39.2 Å². The monoisotopic (exact) mass is 395 g/mol. The van der Waals surface area contributed by atoms with E-state index in [0.717, 1.165) is 25.9 Å². The molecule has 0 aliphatic carbocycles. The fraction of sp³-hybridized carbons (Fsp3) is 0.632. The molecule has 0 fully saturated rings. The summed E-state index contributed by atoms with van der Waals surface area (Å²) in [5.41, 5.74) is 0.668. The number of rotatable bonds is 9. The molecule has 2 heterocycles. The molecular weight excluding hydrogens is 366 g/mol. The van der Waals surface area contributed by atoms with Crippen LogP contribution in [0.3, 0.4) is 0 Å². The first-order valence-electron chi connectivity index (χ1n) is 9.14. The summed E-state index contributed by atoms with van der Waals surface area (Å²) in [6, 6.07) is 1.85. The second-order valence-electron chi connectivity index (χ2n) is 7.43. The van der Waals surface area contributed by atoms with E-state index in [1.807, 2.05) is 16.3 Å². The van der Waals surface area contributed by atoms with Crippen LogP contribution >= 0.6 is 23.1 Å². The van der Waals surface area contributed by atoms with Gasteiger partial charge in [-0.2, -0.15) is 0 Å². The molecule has 0 bridgehead atoms. The molecule has 0 N–H and O–H groups in total. The lowest BCUT2D eigenvalue weighted by atomic mass is 10.1. The molecule has 0 aromatic carbocycles. The maximum atomic E-state index is 12.7. The summed E-state index contributed by atoms with van der Waals surface area (Å²) in [5.74, 6) is 1.57. The quantitative estimate of drug-likeness (QED) is 0.475. The highest BCUT2D eigenvalue weighted by atomic mass is 32.2. The molecule has 2 aromatic rings. The van der Waals surface area contributed by atoms with Gasteiger partial charge >= 0.3 is 0 Å². The van der Waals surface area contributed by atoms with Crippen molar-refractivity contribution in [1.29, 1.82) is 0 Å². The number of aromatic nitrogens is 2. The molecule has 0 aliphatic rings. The van der Waals surface area contributed by atoms with Crippen LogP contribution in [0, 0.1) is 11.8 Å². The Morgan fingerprint density at radius 1 is 1.23 bits per heavy atom. The van der Waals surface area contributed by atoms with Crippen molar-refractivity contribution in [2.75, 3.05) is 18.8 Å². The number of carbonyl (C=O) groups is 1. The molecule has 0 unspecified atom stereocenters. The predicted molar refractivity (Wildman–Crippen MR) is 111 cm³/mol. The fourth-order valence-electron chi connectivity index (χ4n) is 2.50. The van der Waals surface area contributed by atoms with E-state index in [0.29, 0.717) is 33.0 Å². The highest BCUT2D eigenvalue weighted by Gasteiger charge is 2.17. The zero-order chi connectivity index (χ0) is 19.3. The molecule has 2 rings (SSSR count). The average molecular weight is 396 g/mol. The molecule has 0 atom stereocenters. The van der Waals surface area contributed by atoms with Gasteiger partial charge in [-0.25, -0.2) is 4.98 Å². The van der Waals surface area contributed by atoms with E-state index < -0.39 is 0 Å². The summed E-state index contributed by atoms with van der Waals surface area (Å²) < 4.78 is 2.21. The second-order valence-corrected chi connectivity index (χ2v) is 9.29. The molecule has 2 aromatic heterocycles. The van der Waals surface area contributed by atoms with Gasteiger partial charge in [-0.1, -0.05) is 39.5 Å². The van der Waals surface area contributed by atoms with E-state index in [1.54, 1.807) is 11.6 Å². The lowest BCUT2D eigenvalue weighted by Gasteiger charge is -2.24. The second kappa shape index (κ2) is 9.55. The standard InChI is InChI=1S/C19H29N3O2S2/c1-13(2)6-9-22(10-7-14(3)4)16(23)12-26-19-20-15-8-11-25-17(15)18(24)21(19)5/h8,11,13-14H,6-7,9-10,12H2,1-5H3. The number of nitrogens with zero attached hydrogens (tertiary/aromatic N) is 3. The van der Waals surface area contributed by atoms with Gasteiger partial charge in [0.05, 0.1) is 11.3 Å². The topological polar surface area (TPSA) is 55.2 Å². The van der Waals surface area contributed by atoms with Crippen LogP contribution in [0.4, 0.5) is 0 Å². The molecule has 26 heavy (non-hydrogen) atoms. The van der Waals surface area contributed by atoms with Crippen molar-refractivity contribution in [3.63, 3.8) is 0 Å². The van der Waals surface area contributed by atoms with E-state index in [2.05, 4.69) is 32.7 Å². The molecule has 5 nitrogen and oxygen atoms in total. The molecule has 1 amide bonds. The van der Waals surface area contributed by atoms with Crippen LogP contribution in [0.5, 0.6) is 0 Å². The summed E-state index contributed by atoms with van der Waals surface area (Å²) in [6.07, 6.45) is 2.01. The van der Waals surface area contributed by atoms with Crippen LogP contribution < -0.4 is 5.56 Å². The summed E-state index contributed by atoms with van der Waals surface area (Å²) in [5, 5.41) is 2.47. The van der Waals surface area contributed by atoms with Crippen LogP contribution in [0.15, 0.2) is 21.4 Å². The van der Waals surface area contributed by atoms with Crippen molar-refractivity contribution in [2.24, 2.45) is 18.9 Å². The first-order valence-corrected chi connectivity index (χ1v) is 11.0. The minimum absolute atomic E-state index is 0.0450.